The fourth-order valence-corrected chi connectivity index (χ4v) is 2.72. The third kappa shape index (κ3) is 3.03. The molecule has 104 valence electrons. The van der Waals surface area contributed by atoms with Crippen LogP contribution < -0.4 is 5.32 Å². The number of hydrogen-bond donors (Lipinski definition) is 1. The summed E-state index contributed by atoms with van der Waals surface area (Å²) in [5, 5.41) is 6.74. The van der Waals surface area contributed by atoms with Gasteiger partial charge in [0.15, 0.2) is 0 Å². The smallest absolute Gasteiger partial charge is 0.230 e. The van der Waals surface area contributed by atoms with E-state index in [-0.39, 0.29) is 23.7 Å². The summed E-state index contributed by atoms with van der Waals surface area (Å²) < 4.78 is 1.88. The lowest BCUT2D eigenvalue weighted by Gasteiger charge is -2.29. The Bertz CT molecular complexity index is 467. The summed E-state index contributed by atoms with van der Waals surface area (Å²) in [4.78, 5) is 23.5. The molecule has 5 nitrogen and oxygen atoms in total. The Balaban J connectivity index is 2.21. The molecule has 2 unspecified atom stereocenters. The van der Waals surface area contributed by atoms with Crippen molar-refractivity contribution in [2.75, 3.05) is 0 Å². The van der Waals surface area contributed by atoms with E-state index in [0.29, 0.717) is 6.42 Å². The second kappa shape index (κ2) is 5.99. The van der Waals surface area contributed by atoms with Gasteiger partial charge in [0.05, 0.1) is 6.20 Å². The molecule has 0 aromatic carbocycles. The van der Waals surface area contributed by atoms with E-state index in [1.165, 1.54) is 0 Å². The molecular weight excluding hydrogens is 242 g/mol. The fraction of sp³-hybridized carbons (Fsp3) is 0.643. The fourth-order valence-electron chi connectivity index (χ4n) is 2.72. The quantitative estimate of drug-likeness (QED) is 0.824. The van der Waals surface area contributed by atoms with Gasteiger partial charge in [-0.15, -0.1) is 0 Å². The van der Waals surface area contributed by atoms with Crippen LogP contribution in [0.3, 0.4) is 0 Å². The SMILES string of the molecule is CCCC1C(=O)NC(=O)CC1c1cnn(CCC)c1. The Morgan fingerprint density at radius 2 is 2.16 bits per heavy atom. The lowest BCUT2D eigenvalue weighted by Crippen LogP contribution is -2.44. The van der Waals surface area contributed by atoms with Gasteiger partial charge in [0, 0.05) is 31.0 Å². The van der Waals surface area contributed by atoms with Crippen LogP contribution in [0, 0.1) is 5.92 Å². The molecule has 2 rings (SSSR count). The number of piperidine rings is 1. The number of carbonyl (C=O) groups is 2. The Hall–Kier alpha value is -1.65. The maximum Gasteiger partial charge on any atom is 0.230 e. The van der Waals surface area contributed by atoms with E-state index in [1.54, 1.807) is 6.20 Å². The lowest BCUT2D eigenvalue weighted by molar-refractivity contribution is -0.137. The van der Waals surface area contributed by atoms with Crippen molar-refractivity contribution >= 4 is 11.8 Å². The van der Waals surface area contributed by atoms with Crippen LogP contribution in [0.15, 0.2) is 12.4 Å². The van der Waals surface area contributed by atoms with Crippen LogP contribution >= 0.6 is 0 Å². The van der Waals surface area contributed by atoms with Crippen LogP contribution in [0.1, 0.15) is 51.0 Å². The van der Waals surface area contributed by atoms with Crippen molar-refractivity contribution in [3.63, 3.8) is 0 Å². The first-order chi connectivity index (χ1) is 9.15. The van der Waals surface area contributed by atoms with Crippen molar-refractivity contribution in [1.29, 1.82) is 0 Å². The number of nitrogens with one attached hydrogen (secondary N) is 1. The predicted molar refractivity (Wildman–Crippen MR) is 71.4 cm³/mol. The molecule has 0 radical (unpaired) electrons. The average Bonchev–Trinajstić information content (AvgIpc) is 2.81. The van der Waals surface area contributed by atoms with Gasteiger partial charge in [0.25, 0.3) is 0 Å². The molecule has 1 aliphatic rings. The molecule has 0 spiro atoms. The molecule has 5 heteroatoms. The molecule has 0 bridgehead atoms. The molecular formula is C14H21N3O2. The molecule has 1 aromatic heterocycles. The van der Waals surface area contributed by atoms with E-state index in [4.69, 9.17) is 0 Å². The second-order valence-electron chi connectivity index (χ2n) is 5.15. The Morgan fingerprint density at radius 1 is 1.37 bits per heavy atom. The normalized spacial score (nSPS) is 23.5. The largest absolute Gasteiger partial charge is 0.296 e. The molecule has 1 aromatic rings. The van der Waals surface area contributed by atoms with Crippen LogP contribution in [-0.2, 0) is 16.1 Å². The standard InChI is InChI=1S/C14H21N3O2/c1-3-5-11-12(7-13(18)16-14(11)19)10-8-15-17(9-10)6-4-2/h8-9,11-12H,3-7H2,1-2H3,(H,16,18,19). The highest BCUT2D eigenvalue weighted by Gasteiger charge is 2.36. The van der Waals surface area contributed by atoms with Gasteiger partial charge in [-0.3, -0.25) is 19.6 Å². The minimum atomic E-state index is -0.175. The molecule has 1 fully saturated rings. The predicted octanol–water partition coefficient (Wildman–Crippen LogP) is 1.84. The van der Waals surface area contributed by atoms with Crippen molar-refractivity contribution < 1.29 is 9.59 Å². The van der Waals surface area contributed by atoms with Gasteiger partial charge >= 0.3 is 0 Å². The van der Waals surface area contributed by atoms with Crippen LogP contribution in [0.5, 0.6) is 0 Å². The number of imide groups is 1. The molecule has 2 amide bonds. The Kier molecular flexibility index (Phi) is 4.35. The van der Waals surface area contributed by atoms with Crippen molar-refractivity contribution in [3.05, 3.63) is 18.0 Å². The van der Waals surface area contributed by atoms with Gasteiger partial charge in [-0.1, -0.05) is 20.3 Å². The molecule has 0 saturated carbocycles. The first-order valence-electron chi connectivity index (χ1n) is 7.01. The van der Waals surface area contributed by atoms with Crippen LogP contribution in [0.4, 0.5) is 0 Å². The highest BCUT2D eigenvalue weighted by molar-refractivity contribution is 5.99. The van der Waals surface area contributed by atoms with Gasteiger partial charge in [0.1, 0.15) is 0 Å². The van der Waals surface area contributed by atoms with Crippen LogP contribution in [0.2, 0.25) is 0 Å². The second-order valence-corrected chi connectivity index (χ2v) is 5.15. The number of carbonyl (C=O) groups excluding carboxylic acids is 2. The minimum absolute atomic E-state index is 0.0215. The molecule has 19 heavy (non-hydrogen) atoms. The molecule has 2 atom stereocenters. The summed E-state index contributed by atoms with van der Waals surface area (Å²) in [6, 6.07) is 0. The molecule has 0 aliphatic carbocycles. The zero-order valence-corrected chi connectivity index (χ0v) is 11.6. The van der Waals surface area contributed by atoms with Gasteiger partial charge < -0.3 is 0 Å². The highest BCUT2D eigenvalue weighted by Crippen LogP contribution is 2.33. The number of hydrogen-bond acceptors (Lipinski definition) is 3. The van der Waals surface area contributed by atoms with Crippen molar-refractivity contribution in [1.82, 2.24) is 15.1 Å². The van der Waals surface area contributed by atoms with Crippen molar-refractivity contribution in [2.45, 2.75) is 52.0 Å². The number of aryl methyl sites for hydroxylation is 1. The minimum Gasteiger partial charge on any atom is -0.296 e. The maximum atomic E-state index is 12.0. The van der Waals surface area contributed by atoms with Gasteiger partial charge in [-0.2, -0.15) is 5.10 Å². The average molecular weight is 263 g/mol. The van der Waals surface area contributed by atoms with Crippen LogP contribution in [0.25, 0.3) is 0 Å². The molecule has 1 N–H and O–H groups in total. The van der Waals surface area contributed by atoms with Crippen molar-refractivity contribution in [2.24, 2.45) is 5.92 Å². The zero-order chi connectivity index (χ0) is 13.8. The van der Waals surface area contributed by atoms with Crippen molar-refractivity contribution in [3.8, 4) is 0 Å². The zero-order valence-electron chi connectivity index (χ0n) is 11.6. The number of nitrogens with zero attached hydrogens (tertiary/aromatic N) is 2. The monoisotopic (exact) mass is 263 g/mol. The topological polar surface area (TPSA) is 64.0 Å². The summed E-state index contributed by atoms with van der Waals surface area (Å²) in [5.41, 5.74) is 1.01. The number of rotatable bonds is 5. The van der Waals surface area contributed by atoms with E-state index in [0.717, 1.165) is 31.4 Å². The molecule has 1 saturated heterocycles. The molecule has 2 heterocycles. The third-order valence-corrected chi connectivity index (χ3v) is 3.62. The van der Waals surface area contributed by atoms with Gasteiger partial charge in [-0.05, 0) is 18.4 Å². The first-order valence-corrected chi connectivity index (χ1v) is 7.01. The van der Waals surface area contributed by atoms with Gasteiger partial charge in [-0.25, -0.2) is 0 Å². The van der Waals surface area contributed by atoms with E-state index in [1.807, 2.05) is 10.9 Å². The van der Waals surface area contributed by atoms with E-state index in [2.05, 4.69) is 24.3 Å². The summed E-state index contributed by atoms with van der Waals surface area (Å²) in [6.45, 7) is 5.02. The van der Waals surface area contributed by atoms with E-state index in [9.17, 15) is 9.59 Å². The maximum absolute atomic E-state index is 12.0. The summed E-state index contributed by atoms with van der Waals surface area (Å²) in [7, 11) is 0. The van der Waals surface area contributed by atoms with E-state index < -0.39 is 0 Å². The summed E-state index contributed by atoms with van der Waals surface area (Å²) in [6.07, 6.45) is 6.92. The third-order valence-electron chi connectivity index (χ3n) is 3.62. The summed E-state index contributed by atoms with van der Waals surface area (Å²) >= 11 is 0. The van der Waals surface area contributed by atoms with Gasteiger partial charge in [0.2, 0.25) is 11.8 Å². The van der Waals surface area contributed by atoms with Crippen LogP contribution in [-0.4, -0.2) is 21.6 Å². The highest BCUT2D eigenvalue weighted by atomic mass is 16.2. The van der Waals surface area contributed by atoms with E-state index >= 15 is 0 Å². The molecule has 1 aliphatic heterocycles. The Morgan fingerprint density at radius 3 is 2.84 bits per heavy atom. The summed E-state index contributed by atoms with van der Waals surface area (Å²) in [5.74, 6) is -0.439. The Labute approximate surface area is 113 Å². The number of aromatic nitrogens is 2. The lowest BCUT2D eigenvalue weighted by atomic mass is 9.79. The number of amides is 2. The first kappa shape index (κ1) is 13.8.